The number of hydrogen-bond donors (Lipinski definition) is 5. The Morgan fingerprint density at radius 2 is 1.76 bits per heavy atom. The second kappa shape index (κ2) is 5.48. The molecule has 0 rings (SSSR count). The highest BCUT2D eigenvalue weighted by molar-refractivity contribution is 5.90. The molecule has 2 unspecified atom stereocenters. The van der Waals surface area contributed by atoms with Crippen molar-refractivity contribution in [3.63, 3.8) is 0 Å². The minimum atomic E-state index is -1.46. The highest BCUT2D eigenvalue weighted by Gasteiger charge is 2.30. The minimum absolute atomic E-state index is 0.767. The first-order valence-corrected chi connectivity index (χ1v) is 4.87. The maximum absolute atomic E-state index is 11.4. The van der Waals surface area contributed by atoms with Crippen molar-refractivity contribution in [2.45, 2.75) is 38.5 Å². The fraction of sp³-hybridized carbons (Fsp3) is 0.667. The molecule has 2 atom stereocenters. The molecule has 0 aromatic rings. The summed E-state index contributed by atoms with van der Waals surface area (Å²) in [6, 6.07) is -2.36. The van der Waals surface area contributed by atoms with Gasteiger partial charge in [-0.1, -0.05) is 0 Å². The van der Waals surface area contributed by atoms with Crippen LogP contribution in [0.25, 0.3) is 0 Å². The van der Waals surface area contributed by atoms with Crippen molar-refractivity contribution >= 4 is 17.9 Å². The first kappa shape index (κ1) is 15.2. The smallest absolute Gasteiger partial charge is 0.328 e. The summed E-state index contributed by atoms with van der Waals surface area (Å²) in [5.41, 5.74) is 3.71. The maximum atomic E-state index is 11.4. The highest BCUT2D eigenvalue weighted by Crippen LogP contribution is 2.00. The number of aliphatic hydroxyl groups excluding tert-OH is 1. The molecule has 3 amide bonds. The molecule has 0 fully saturated rings. The number of carboxylic acids is 1. The Morgan fingerprint density at radius 3 is 2.06 bits per heavy atom. The molecule has 0 aliphatic heterocycles. The number of nitrogens with two attached hydrogens (primary N) is 1. The van der Waals surface area contributed by atoms with Gasteiger partial charge in [0, 0.05) is 0 Å². The summed E-state index contributed by atoms with van der Waals surface area (Å²) in [7, 11) is 0. The van der Waals surface area contributed by atoms with Gasteiger partial charge < -0.3 is 26.6 Å². The van der Waals surface area contributed by atoms with Crippen LogP contribution < -0.4 is 16.4 Å². The summed E-state index contributed by atoms with van der Waals surface area (Å²) in [6.07, 6.45) is -1.27. The molecule has 98 valence electrons. The Labute approximate surface area is 98.2 Å². The van der Waals surface area contributed by atoms with Gasteiger partial charge in [0.15, 0.2) is 6.04 Å². The van der Waals surface area contributed by atoms with E-state index >= 15 is 0 Å². The molecule has 0 aliphatic rings. The number of aliphatic hydroxyl groups is 1. The topological polar surface area (TPSA) is 142 Å². The molecule has 8 nitrogen and oxygen atoms in total. The van der Waals surface area contributed by atoms with E-state index in [-0.39, 0.29) is 0 Å². The van der Waals surface area contributed by atoms with Crippen molar-refractivity contribution in [3.8, 4) is 0 Å². The van der Waals surface area contributed by atoms with E-state index in [2.05, 4.69) is 5.32 Å². The lowest BCUT2D eigenvalue weighted by Crippen LogP contribution is -2.59. The first-order valence-electron chi connectivity index (χ1n) is 4.87. The summed E-state index contributed by atoms with van der Waals surface area (Å²) in [6.45, 7) is 3.96. The van der Waals surface area contributed by atoms with Gasteiger partial charge in [0.25, 0.3) is 0 Å². The zero-order valence-electron chi connectivity index (χ0n) is 9.85. The fourth-order valence-electron chi connectivity index (χ4n) is 0.911. The van der Waals surface area contributed by atoms with Gasteiger partial charge in [-0.3, -0.25) is 4.79 Å². The fourth-order valence-corrected chi connectivity index (χ4v) is 0.911. The molecule has 0 saturated heterocycles. The Morgan fingerprint density at radius 1 is 1.29 bits per heavy atom. The first-order chi connectivity index (χ1) is 7.58. The molecule has 0 bridgehead atoms. The average molecular weight is 247 g/mol. The normalized spacial score (nSPS) is 14.6. The molecule has 0 spiro atoms. The number of aliphatic carboxylic acids is 1. The third kappa shape index (κ3) is 4.68. The Hall–Kier alpha value is -1.83. The van der Waals surface area contributed by atoms with E-state index in [4.69, 9.17) is 15.9 Å². The van der Waals surface area contributed by atoms with E-state index in [9.17, 15) is 14.4 Å². The van der Waals surface area contributed by atoms with Gasteiger partial charge in [-0.05, 0) is 20.8 Å². The second-order valence-corrected chi connectivity index (χ2v) is 4.14. The summed E-state index contributed by atoms with van der Waals surface area (Å²) in [4.78, 5) is 33.0. The van der Waals surface area contributed by atoms with Crippen LogP contribution in [-0.2, 0) is 9.59 Å². The van der Waals surface area contributed by atoms with Gasteiger partial charge in [-0.15, -0.1) is 0 Å². The van der Waals surface area contributed by atoms with Crippen LogP contribution in [0.1, 0.15) is 20.8 Å². The van der Waals surface area contributed by atoms with Crippen LogP contribution >= 0.6 is 0 Å². The van der Waals surface area contributed by atoms with Crippen molar-refractivity contribution in [2.75, 3.05) is 0 Å². The van der Waals surface area contributed by atoms with Crippen molar-refractivity contribution in [1.82, 2.24) is 10.6 Å². The minimum Gasteiger partial charge on any atom is -0.480 e. The molecule has 0 aliphatic carbocycles. The van der Waals surface area contributed by atoms with Gasteiger partial charge in [-0.25, -0.2) is 9.59 Å². The number of rotatable bonds is 5. The lowest BCUT2D eigenvalue weighted by molar-refractivity contribution is -0.141. The van der Waals surface area contributed by atoms with Crippen molar-refractivity contribution in [2.24, 2.45) is 5.73 Å². The molecule has 17 heavy (non-hydrogen) atoms. The van der Waals surface area contributed by atoms with Crippen LogP contribution in [0.4, 0.5) is 4.79 Å². The molecule has 6 N–H and O–H groups in total. The zero-order chi connectivity index (χ0) is 13.8. The Bertz CT molecular complexity index is 327. The van der Waals surface area contributed by atoms with Crippen LogP contribution in [0, 0.1) is 0 Å². The van der Waals surface area contributed by atoms with Crippen molar-refractivity contribution in [3.05, 3.63) is 0 Å². The van der Waals surface area contributed by atoms with Crippen LogP contribution in [0.15, 0.2) is 0 Å². The van der Waals surface area contributed by atoms with Crippen LogP contribution in [0.3, 0.4) is 0 Å². The number of carbonyl (C=O) groups excluding carboxylic acids is 2. The largest absolute Gasteiger partial charge is 0.480 e. The molecular formula is C9H17N3O5. The number of carboxylic acid groups (broad SMARTS) is 1. The predicted molar refractivity (Wildman–Crippen MR) is 58.0 cm³/mol. The molecular weight excluding hydrogens is 230 g/mol. The molecule has 0 heterocycles. The van der Waals surface area contributed by atoms with E-state index in [1.807, 2.05) is 5.32 Å². The third-order valence-corrected chi connectivity index (χ3v) is 2.08. The van der Waals surface area contributed by atoms with Gasteiger partial charge in [0.1, 0.15) is 5.54 Å². The predicted octanol–water partition coefficient (Wildman–Crippen LogP) is -1.62. The summed E-state index contributed by atoms with van der Waals surface area (Å²) in [5.74, 6) is -2.15. The molecule has 0 aromatic carbocycles. The van der Waals surface area contributed by atoms with Gasteiger partial charge in [0.05, 0.1) is 6.10 Å². The van der Waals surface area contributed by atoms with Crippen LogP contribution in [0.5, 0.6) is 0 Å². The summed E-state index contributed by atoms with van der Waals surface area (Å²) in [5, 5.41) is 22.0. The Balaban J connectivity index is 4.55. The molecule has 0 aromatic heterocycles. The number of hydrogen-bond acceptors (Lipinski definition) is 4. The van der Waals surface area contributed by atoms with E-state index < -0.39 is 35.6 Å². The SMILES string of the molecule is CC(O)C(NC(=O)NC(C)(C)C(N)=O)C(=O)O. The monoisotopic (exact) mass is 247 g/mol. The summed E-state index contributed by atoms with van der Waals surface area (Å²) < 4.78 is 0. The van der Waals surface area contributed by atoms with E-state index in [0.29, 0.717) is 0 Å². The van der Waals surface area contributed by atoms with Gasteiger partial charge >= 0.3 is 12.0 Å². The Kier molecular flexibility index (Phi) is 4.89. The molecule has 0 saturated carbocycles. The standard InChI is InChI=1S/C9H17N3O5/c1-4(13)5(6(14)15)11-8(17)12-9(2,3)7(10)16/h4-5,13H,1-3H3,(H2,10,16)(H,14,15)(H2,11,12,17). The van der Waals surface area contributed by atoms with Crippen LogP contribution in [0.2, 0.25) is 0 Å². The lowest BCUT2D eigenvalue weighted by Gasteiger charge is -2.24. The van der Waals surface area contributed by atoms with Crippen molar-refractivity contribution in [1.29, 1.82) is 0 Å². The van der Waals surface area contributed by atoms with E-state index in [0.717, 1.165) is 0 Å². The zero-order valence-corrected chi connectivity index (χ0v) is 9.85. The quantitative estimate of drug-likeness (QED) is 0.397. The lowest BCUT2D eigenvalue weighted by atomic mass is 10.1. The highest BCUT2D eigenvalue weighted by atomic mass is 16.4. The summed E-state index contributed by atoms with van der Waals surface area (Å²) >= 11 is 0. The second-order valence-electron chi connectivity index (χ2n) is 4.14. The van der Waals surface area contributed by atoms with E-state index in [1.165, 1.54) is 20.8 Å². The number of nitrogens with one attached hydrogen (secondary N) is 2. The maximum Gasteiger partial charge on any atom is 0.328 e. The third-order valence-electron chi connectivity index (χ3n) is 2.08. The molecule has 0 radical (unpaired) electrons. The number of urea groups is 1. The number of amides is 3. The average Bonchev–Trinajstić information content (AvgIpc) is 2.12. The molecule has 8 heteroatoms. The number of primary amides is 1. The van der Waals surface area contributed by atoms with E-state index in [1.54, 1.807) is 0 Å². The van der Waals surface area contributed by atoms with Crippen molar-refractivity contribution < 1.29 is 24.6 Å². The van der Waals surface area contributed by atoms with Gasteiger partial charge in [-0.2, -0.15) is 0 Å². The van der Waals surface area contributed by atoms with Crippen LogP contribution in [-0.4, -0.2) is 45.8 Å². The number of carbonyl (C=O) groups is 3. The van der Waals surface area contributed by atoms with Gasteiger partial charge in [0.2, 0.25) is 5.91 Å².